The van der Waals surface area contributed by atoms with Gasteiger partial charge in [0.2, 0.25) is 0 Å². The van der Waals surface area contributed by atoms with Crippen LogP contribution in [0.15, 0.2) is 58.6 Å². The standard InChI is InChI=1S/C23H16BrCl2N3O2S/c1-12-9-14(13(2)28(12)17-6-3-15(24)4-7-17)10-18-21(30)27-23(32)29(22(18)31)20-8-5-16(25)11-19(20)26/h3-11H,1-2H3,(H,27,30,32)/b18-10+. The van der Waals surface area contributed by atoms with Crippen molar-refractivity contribution in [2.45, 2.75) is 13.8 Å². The zero-order valence-electron chi connectivity index (χ0n) is 16.9. The van der Waals surface area contributed by atoms with E-state index in [1.54, 1.807) is 18.2 Å². The molecule has 2 aromatic carbocycles. The fourth-order valence-corrected chi connectivity index (χ4v) is 4.65. The lowest BCUT2D eigenvalue weighted by Gasteiger charge is -2.29. The lowest BCUT2D eigenvalue weighted by atomic mass is 10.1. The highest BCUT2D eigenvalue weighted by Crippen LogP contribution is 2.32. The van der Waals surface area contributed by atoms with Gasteiger partial charge >= 0.3 is 0 Å². The summed E-state index contributed by atoms with van der Waals surface area (Å²) in [5.41, 5.74) is 3.88. The van der Waals surface area contributed by atoms with E-state index in [-0.39, 0.29) is 15.7 Å². The van der Waals surface area contributed by atoms with Gasteiger partial charge in [0, 0.05) is 26.6 Å². The maximum Gasteiger partial charge on any atom is 0.270 e. The minimum absolute atomic E-state index is 0.0401. The summed E-state index contributed by atoms with van der Waals surface area (Å²) < 4.78 is 3.04. The molecule has 0 spiro atoms. The summed E-state index contributed by atoms with van der Waals surface area (Å²) >= 11 is 21.0. The second-order valence-corrected chi connectivity index (χ2v) is 9.34. The quantitative estimate of drug-likeness (QED) is 0.248. The van der Waals surface area contributed by atoms with Crippen molar-refractivity contribution in [3.8, 4) is 5.69 Å². The predicted octanol–water partition coefficient (Wildman–Crippen LogP) is 5.99. The minimum atomic E-state index is -0.560. The molecule has 4 rings (SSSR count). The van der Waals surface area contributed by atoms with Crippen LogP contribution >= 0.6 is 51.3 Å². The van der Waals surface area contributed by atoms with E-state index in [2.05, 4.69) is 25.8 Å². The number of aromatic nitrogens is 1. The highest BCUT2D eigenvalue weighted by molar-refractivity contribution is 9.10. The highest BCUT2D eigenvalue weighted by Gasteiger charge is 2.35. The molecule has 1 saturated heterocycles. The van der Waals surface area contributed by atoms with Gasteiger partial charge in [-0.15, -0.1) is 0 Å². The topological polar surface area (TPSA) is 54.3 Å². The zero-order chi connectivity index (χ0) is 23.2. The number of carbonyl (C=O) groups is 2. The Labute approximate surface area is 208 Å². The van der Waals surface area contributed by atoms with Crippen molar-refractivity contribution in [3.05, 3.63) is 85.6 Å². The third-order valence-electron chi connectivity index (χ3n) is 5.11. The molecule has 1 aromatic heterocycles. The van der Waals surface area contributed by atoms with E-state index in [4.69, 9.17) is 35.4 Å². The average Bonchev–Trinajstić information content (AvgIpc) is 3.00. The summed E-state index contributed by atoms with van der Waals surface area (Å²) in [7, 11) is 0. The van der Waals surface area contributed by atoms with E-state index in [0.29, 0.717) is 10.7 Å². The van der Waals surface area contributed by atoms with Crippen molar-refractivity contribution < 1.29 is 9.59 Å². The van der Waals surface area contributed by atoms with Crippen LogP contribution < -0.4 is 10.2 Å². The number of halogens is 3. The van der Waals surface area contributed by atoms with Gasteiger partial charge in [-0.25, -0.2) is 0 Å². The van der Waals surface area contributed by atoms with Crippen molar-refractivity contribution in [1.29, 1.82) is 0 Å². The van der Waals surface area contributed by atoms with Crippen LogP contribution in [0, 0.1) is 13.8 Å². The van der Waals surface area contributed by atoms with Crippen molar-refractivity contribution in [2.75, 3.05) is 4.90 Å². The van der Waals surface area contributed by atoms with Gasteiger partial charge in [-0.05, 0) is 86.2 Å². The van der Waals surface area contributed by atoms with Crippen LogP contribution in [-0.2, 0) is 9.59 Å². The molecule has 1 aliphatic rings. The van der Waals surface area contributed by atoms with Gasteiger partial charge < -0.3 is 4.57 Å². The number of benzene rings is 2. The summed E-state index contributed by atoms with van der Waals surface area (Å²) in [6.07, 6.45) is 1.58. The lowest BCUT2D eigenvalue weighted by molar-refractivity contribution is -0.122. The fraction of sp³-hybridized carbons (Fsp3) is 0.0870. The van der Waals surface area contributed by atoms with Crippen molar-refractivity contribution in [1.82, 2.24) is 9.88 Å². The van der Waals surface area contributed by atoms with Gasteiger partial charge in [-0.2, -0.15) is 0 Å². The first-order valence-electron chi connectivity index (χ1n) is 9.49. The molecule has 5 nitrogen and oxygen atoms in total. The molecule has 1 N–H and O–H groups in total. The Morgan fingerprint density at radius 3 is 2.38 bits per heavy atom. The number of aryl methyl sites for hydroxylation is 1. The largest absolute Gasteiger partial charge is 0.318 e. The Morgan fingerprint density at radius 2 is 1.72 bits per heavy atom. The maximum absolute atomic E-state index is 13.3. The highest BCUT2D eigenvalue weighted by atomic mass is 79.9. The molecule has 0 atom stereocenters. The second-order valence-electron chi connectivity index (χ2n) is 7.19. The van der Waals surface area contributed by atoms with E-state index < -0.39 is 11.8 Å². The van der Waals surface area contributed by atoms with Crippen LogP contribution in [-0.4, -0.2) is 21.5 Å². The molecule has 32 heavy (non-hydrogen) atoms. The molecule has 0 saturated carbocycles. The van der Waals surface area contributed by atoms with E-state index in [1.807, 2.05) is 44.2 Å². The summed E-state index contributed by atoms with van der Waals surface area (Å²) in [5.74, 6) is -1.12. The SMILES string of the molecule is Cc1cc(/C=C2\C(=O)NC(=S)N(c3ccc(Cl)cc3Cl)C2=O)c(C)n1-c1ccc(Br)cc1. The Bertz CT molecular complexity index is 1320. The summed E-state index contributed by atoms with van der Waals surface area (Å²) in [6, 6.07) is 14.5. The minimum Gasteiger partial charge on any atom is -0.318 e. The third-order valence-corrected chi connectivity index (χ3v) is 6.46. The summed E-state index contributed by atoms with van der Waals surface area (Å²) in [5, 5.41) is 3.21. The van der Waals surface area contributed by atoms with Crippen molar-refractivity contribution in [3.63, 3.8) is 0 Å². The third kappa shape index (κ3) is 4.13. The number of hydrogen-bond donors (Lipinski definition) is 1. The number of hydrogen-bond acceptors (Lipinski definition) is 3. The molecular weight excluding hydrogens is 533 g/mol. The maximum atomic E-state index is 13.3. The molecule has 162 valence electrons. The van der Waals surface area contributed by atoms with E-state index >= 15 is 0 Å². The van der Waals surface area contributed by atoms with Gasteiger partial charge in [0.05, 0.1) is 10.7 Å². The predicted molar refractivity (Wildman–Crippen MR) is 136 cm³/mol. The lowest BCUT2D eigenvalue weighted by Crippen LogP contribution is -2.54. The van der Waals surface area contributed by atoms with Crippen LogP contribution in [0.25, 0.3) is 11.8 Å². The van der Waals surface area contributed by atoms with Crippen molar-refractivity contribution >= 4 is 80.0 Å². The fourth-order valence-electron chi connectivity index (χ4n) is 3.62. The summed E-state index contributed by atoms with van der Waals surface area (Å²) in [6.45, 7) is 3.90. The molecule has 1 aliphatic heterocycles. The molecule has 0 bridgehead atoms. The smallest absolute Gasteiger partial charge is 0.270 e. The second kappa shape index (κ2) is 8.83. The van der Waals surface area contributed by atoms with E-state index in [1.165, 1.54) is 11.0 Å². The normalized spacial score (nSPS) is 15.5. The molecule has 0 aliphatic carbocycles. The molecule has 3 aromatic rings. The number of thiocarbonyl (C=S) groups is 1. The molecule has 0 radical (unpaired) electrons. The number of amides is 2. The molecule has 2 amide bonds. The first-order chi connectivity index (χ1) is 15.2. The van der Waals surface area contributed by atoms with E-state index in [0.717, 1.165) is 27.1 Å². The zero-order valence-corrected chi connectivity index (χ0v) is 20.9. The van der Waals surface area contributed by atoms with Crippen LogP contribution in [0.5, 0.6) is 0 Å². The average molecular weight is 549 g/mol. The Hall–Kier alpha value is -2.45. The monoisotopic (exact) mass is 547 g/mol. The van der Waals surface area contributed by atoms with Gasteiger partial charge in [-0.1, -0.05) is 39.1 Å². The molecular formula is C23H16BrCl2N3O2S. The first kappa shape index (κ1) is 22.7. The van der Waals surface area contributed by atoms with Gasteiger partial charge in [-0.3, -0.25) is 19.8 Å². The number of nitrogens with zero attached hydrogens (tertiary/aromatic N) is 2. The number of carbonyl (C=O) groups excluding carboxylic acids is 2. The van der Waals surface area contributed by atoms with E-state index in [9.17, 15) is 9.59 Å². The van der Waals surface area contributed by atoms with Crippen LogP contribution in [0.4, 0.5) is 5.69 Å². The Morgan fingerprint density at radius 1 is 1.03 bits per heavy atom. The molecule has 1 fully saturated rings. The van der Waals surface area contributed by atoms with Gasteiger partial charge in [0.1, 0.15) is 5.57 Å². The van der Waals surface area contributed by atoms with Crippen molar-refractivity contribution in [2.24, 2.45) is 0 Å². The molecule has 0 unspecified atom stereocenters. The number of rotatable bonds is 3. The Kier molecular flexibility index (Phi) is 6.27. The van der Waals surface area contributed by atoms with Crippen LogP contribution in [0.1, 0.15) is 17.0 Å². The molecule has 2 heterocycles. The first-order valence-corrected chi connectivity index (χ1v) is 11.4. The van der Waals surface area contributed by atoms with Gasteiger partial charge in [0.25, 0.3) is 11.8 Å². The summed E-state index contributed by atoms with van der Waals surface area (Å²) in [4.78, 5) is 27.2. The molecule has 9 heteroatoms. The Balaban J connectivity index is 1.77. The van der Waals surface area contributed by atoms with Gasteiger partial charge in [0.15, 0.2) is 5.11 Å². The number of anilines is 1. The number of nitrogens with one attached hydrogen (secondary N) is 1. The van der Waals surface area contributed by atoms with Crippen LogP contribution in [0.3, 0.4) is 0 Å². The van der Waals surface area contributed by atoms with Crippen LogP contribution in [0.2, 0.25) is 10.0 Å².